The van der Waals surface area contributed by atoms with E-state index in [1.165, 1.54) is 0 Å². The van der Waals surface area contributed by atoms with Crippen LogP contribution in [0.2, 0.25) is 5.15 Å². The Kier molecular flexibility index (Phi) is 3.98. The van der Waals surface area contributed by atoms with Crippen molar-refractivity contribution in [2.24, 2.45) is 0 Å². The highest BCUT2D eigenvalue weighted by Gasteiger charge is 2.14. The standard InChI is InChI=1S/C16H17ClN4O/c1-4-22-15-8-19-14(7-10(15)2)11(3)21-9-12-13(20-21)5-6-18-16(12)17/h5-9,11H,4H2,1-3H3. The molecule has 0 N–H and O–H groups in total. The van der Waals surface area contributed by atoms with Crippen molar-refractivity contribution in [1.82, 2.24) is 19.7 Å². The molecule has 0 spiro atoms. The molecule has 1 unspecified atom stereocenters. The molecule has 0 amide bonds. The van der Waals surface area contributed by atoms with Crippen LogP contribution < -0.4 is 4.74 Å². The van der Waals surface area contributed by atoms with Gasteiger partial charge in [0.1, 0.15) is 10.9 Å². The van der Waals surface area contributed by atoms with Crippen LogP contribution in [0.5, 0.6) is 5.75 Å². The number of aromatic nitrogens is 4. The van der Waals surface area contributed by atoms with E-state index >= 15 is 0 Å². The summed E-state index contributed by atoms with van der Waals surface area (Å²) in [5, 5.41) is 5.87. The molecule has 0 aliphatic rings. The van der Waals surface area contributed by atoms with Gasteiger partial charge in [-0.3, -0.25) is 9.67 Å². The molecule has 1 atom stereocenters. The lowest BCUT2D eigenvalue weighted by molar-refractivity contribution is 0.336. The van der Waals surface area contributed by atoms with Crippen LogP contribution in [0.25, 0.3) is 10.9 Å². The van der Waals surface area contributed by atoms with Gasteiger partial charge in [-0.2, -0.15) is 5.10 Å². The van der Waals surface area contributed by atoms with Gasteiger partial charge in [-0.1, -0.05) is 11.6 Å². The first-order chi connectivity index (χ1) is 10.6. The number of hydrogen-bond acceptors (Lipinski definition) is 4. The molecule has 5 nitrogen and oxygen atoms in total. The lowest BCUT2D eigenvalue weighted by atomic mass is 10.1. The second-order valence-electron chi connectivity index (χ2n) is 5.13. The van der Waals surface area contributed by atoms with E-state index in [-0.39, 0.29) is 6.04 Å². The van der Waals surface area contributed by atoms with Gasteiger partial charge >= 0.3 is 0 Å². The minimum Gasteiger partial charge on any atom is -0.492 e. The number of fused-ring (bicyclic) bond motifs is 1. The summed E-state index contributed by atoms with van der Waals surface area (Å²) in [6.07, 6.45) is 5.33. The van der Waals surface area contributed by atoms with Gasteiger partial charge in [0.05, 0.1) is 35.4 Å². The summed E-state index contributed by atoms with van der Waals surface area (Å²) in [6.45, 7) is 6.66. The Morgan fingerprint density at radius 3 is 2.86 bits per heavy atom. The fourth-order valence-corrected chi connectivity index (χ4v) is 2.57. The predicted molar refractivity (Wildman–Crippen MR) is 86.5 cm³/mol. The zero-order chi connectivity index (χ0) is 15.7. The molecule has 22 heavy (non-hydrogen) atoms. The summed E-state index contributed by atoms with van der Waals surface area (Å²) >= 11 is 6.11. The van der Waals surface area contributed by atoms with E-state index in [0.717, 1.165) is 27.9 Å². The van der Waals surface area contributed by atoms with E-state index in [1.54, 1.807) is 12.4 Å². The summed E-state index contributed by atoms with van der Waals surface area (Å²) in [5.41, 5.74) is 2.82. The first-order valence-corrected chi connectivity index (χ1v) is 7.56. The third kappa shape index (κ3) is 2.64. The monoisotopic (exact) mass is 316 g/mol. The first kappa shape index (κ1) is 14.8. The fourth-order valence-electron chi connectivity index (χ4n) is 2.36. The Balaban J connectivity index is 1.96. The van der Waals surface area contributed by atoms with Gasteiger partial charge in [-0.05, 0) is 38.5 Å². The third-order valence-electron chi connectivity index (χ3n) is 3.61. The molecule has 0 saturated carbocycles. The van der Waals surface area contributed by atoms with Crippen molar-refractivity contribution >= 4 is 22.5 Å². The predicted octanol–water partition coefficient (Wildman–Crippen LogP) is 3.80. The van der Waals surface area contributed by atoms with Crippen molar-refractivity contribution in [1.29, 1.82) is 0 Å². The summed E-state index contributed by atoms with van der Waals surface area (Å²) in [5.74, 6) is 0.816. The molecule has 0 aliphatic heterocycles. The van der Waals surface area contributed by atoms with Crippen LogP contribution in [0, 0.1) is 6.92 Å². The fraction of sp³-hybridized carbons (Fsp3) is 0.312. The second kappa shape index (κ2) is 5.93. The van der Waals surface area contributed by atoms with Gasteiger partial charge in [0.2, 0.25) is 0 Å². The van der Waals surface area contributed by atoms with E-state index in [4.69, 9.17) is 16.3 Å². The lowest BCUT2D eigenvalue weighted by Gasteiger charge is -2.14. The maximum atomic E-state index is 6.11. The topological polar surface area (TPSA) is 52.8 Å². The number of ether oxygens (including phenoxy) is 1. The van der Waals surface area contributed by atoms with Crippen molar-refractivity contribution in [3.8, 4) is 5.75 Å². The molecule has 0 aromatic carbocycles. The molecule has 0 radical (unpaired) electrons. The Hall–Kier alpha value is -2.14. The smallest absolute Gasteiger partial charge is 0.140 e. The summed E-state index contributed by atoms with van der Waals surface area (Å²) < 4.78 is 7.39. The number of aryl methyl sites for hydroxylation is 1. The molecule has 0 fully saturated rings. The molecule has 3 aromatic heterocycles. The zero-order valence-electron chi connectivity index (χ0n) is 12.7. The van der Waals surface area contributed by atoms with E-state index in [2.05, 4.69) is 22.0 Å². The van der Waals surface area contributed by atoms with Gasteiger partial charge in [-0.25, -0.2) is 4.98 Å². The van der Waals surface area contributed by atoms with E-state index in [9.17, 15) is 0 Å². The zero-order valence-corrected chi connectivity index (χ0v) is 13.5. The van der Waals surface area contributed by atoms with Crippen molar-refractivity contribution in [3.05, 3.63) is 47.1 Å². The van der Waals surface area contributed by atoms with E-state index in [1.807, 2.05) is 36.9 Å². The van der Waals surface area contributed by atoms with Crippen LogP contribution in [0.1, 0.15) is 31.1 Å². The number of halogens is 1. The maximum Gasteiger partial charge on any atom is 0.140 e. The minimum atomic E-state index is -0.00200. The molecule has 114 valence electrons. The SMILES string of the molecule is CCOc1cnc(C(C)n2cc3c(Cl)nccc3n2)cc1C. The molecule has 0 aliphatic carbocycles. The highest BCUT2D eigenvalue weighted by molar-refractivity contribution is 6.34. The van der Waals surface area contributed by atoms with Crippen LogP contribution in [-0.4, -0.2) is 26.4 Å². The minimum absolute atomic E-state index is 0.00200. The number of nitrogens with zero attached hydrogens (tertiary/aromatic N) is 4. The normalized spacial score (nSPS) is 12.5. The van der Waals surface area contributed by atoms with Crippen molar-refractivity contribution in [2.75, 3.05) is 6.61 Å². The number of pyridine rings is 2. The molecule has 0 bridgehead atoms. The quantitative estimate of drug-likeness (QED) is 0.687. The van der Waals surface area contributed by atoms with E-state index in [0.29, 0.717) is 11.8 Å². The average molecular weight is 317 g/mol. The highest BCUT2D eigenvalue weighted by atomic mass is 35.5. The van der Waals surface area contributed by atoms with E-state index < -0.39 is 0 Å². The average Bonchev–Trinajstić information content (AvgIpc) is 2.94. The molecular weight excluding hydrogens is 300 g/mol. The van der Waals surface area contributed by atoms with Gasteiger partial charge < -0.3 is 4.74 Å². The largest absolute Gasteiger partial charge is 0.492 e. The maximum absolute atomic E-state index is 6.11. The third-order valence-corrected chi connectivity index (χ3v) is 3.91. The molecular formula is C16H17ClN4O. The summed E-state index contributed by atoms with van der Waals surface area (Å²) in [6, 6.07) is 3.88. The highest BCUT2D eigenvalue weighted by Crippen LogP contribution is 2.25. The Morgan fingerprint density at radius 2 is 2.18 bits per heavy atom. The molecule has 3 aromatic rings. The van der Waals surface area contributed by atoms with Gasteiger partial charge in [0.15, 0.2) is 0 Å². The van der Waals surface area contributed by atoms with Gasteiger partial charge in [0, 0.05) is 12.4 Å². The van der Waals surface area contributed by atoms with Crippen molar-refractivity contribution in [3.63, 3.8) is 0 Å². The van der Waals surface area contributed by atoms with Crippen LogP contribution in [0.15, 0.2) is 30.7 Å². The van der Waals surface area contributed by atoms with Crippen molar-refractivity contribution < 1.29 is 4.74 Å². The Bertz CT molecular complexity index is 815. The summed E-state index contributed by atoms with van der Waals surface area (Å²) in [4.78, 5) is 8.57. The molecule has 3 heterocycles. The van der Waals surface area contributed by atoms with Crippen molar-refractivity contribution in [2.45, 2.75) is 26.8 Å². The van der Waals surface area contributed by atoms with Crippen LogP contribution in [-0.2, 0) is 0 Å². The number of rotatable bonds is 4. The molecule has 3 rings (SSSR count). The van der Waals surface area contributed by atoms with Gasteiger partial charge in [0.25, 0.3) is 0 Å². The van der Waals surface area contributed by atoms with Gasteiger partial charge in [-0.15, -0.1) is 0 Å². The van der Waals surface area contributed by atoms with Crippen LogP contribution >= 0.6 is 11.6 Å². The summed E-state index contributed by atoms with van der Waals surface area (Å²) in [7, 11) is 0. The Labute approximate surface area is 133 Å². The number of hydrogen-bond donors (Lipinski definition) is 0. The molecule has 6 heteroatoms. The second-order valence-corrected chi connectivity index (χ2v) is 5.49. The molecule has 0 saturated heterocycles. The lowest BCUT2D eigenvalue weighted by Crippen LogP contribution is -2.09. The van der Waals surface area contributed by atoms with Crippen LogP contribution in [0.4, 0.5) is 0 Å². The first-order valence-electron chi connectivity index (χ1n) is 7.19. The van der Waals surface area contributed by atoms with Crippen LogP contribution in [0.3, 0.4) is 0 Å². The Morgan fingerprint density at radius 1 is 1.36 bits per heavy atom.